The third-order valence-electron chi connectivity index (χ3n) is 2.63. The lowest BCUT2D eigenvalue weighted by atomic mass is 10.1. The number of nitro groups is 1. The average Bonchev–Trinajstić information content (AvgIpc) is 2.77. The van der Waals surface area contributed by atoms with Crippen molar-refractivity contribution in [2.24, 2.45) is 7.05 Å². The van der Waals surface area contributed by atoms with Gasteiger partial charge in [-0.05, 0) is 12.5 Å². The van der Waals surface area contributed by atoms with E-state index >= 15 is 0 Å². The van der Waals surface area contributed by atoms with E-state index in [0.717, 1.165) is 12.1 Å². The molecule has 1 heterocycles. The van der Waals surface area contributed by atoms with Gasteiger partial charge in [-0.15, -0.1) is 0 Å². The van der Waals surface area contributed by atoms with Crippen molar-refractivity contribution in [2.45, 2.75) is 6.92 Å². The molecule has 104 valence electrons. The summed E-state index contributed by atoms with van der Waals surface area (Å²) in [4.78, 5) is 25.8. The second kappa shape index (κ2) is 5.03. The number of nitrogens with zero attached hydrogens (tertiary/aromatic N) is 4. The number of rotatable bonds is 3. The number of halogens is 1. The molecule has 0 aliphatic heterocycles. The van der Waals surface area contributed by atoms with Crippen LogP contribution in [0.1, 0.15) is 15.9 Å². The van der Waals surface area contributed by atoms with E-state index in [1.807, 2.05) is 0 Å². The molecule has 8 nitrogen and oxygen atoms in total. The Bertz CT molecular complexity index is 697. The summed E-state index contributed by atoms with van der Waals surface area (Å²) >= 11 is 0. The fourth-order valence-corrected chi connectivity index (χ4v) is 1.60. The van der Waals surface area contributed by atoms with E-state index in [-0.39, 0.29) is 17.2 Å². The van der Waals surface area contributed by atoms with Crippen LogP contribution in [-0.4, -0.2) is 25.6 Å². The highest BCUT2D eigenvalue weighted by Crippen LogP contribution is 2.21. The second-order valence-corrected chi connectivity index (χ2v) is 4.04. The van der Waals surface area contributed by atoms with Crippen molar-refractivity contribution in [3.05, 3.63) is 45.5 Å². The lowest BCUT2D eigenvalue weighted by Crippen LogP contribution is -2.17. The lowest BCUT2D eigenvalue weighted by molar-refractivity contribution is -0.385. The third kappa shape index (κ3) is 2.46. The number of benzene rings is 1. The maximum Gasteiger partial charge on any atom is 0.270 e. The normalized spacial score (nSPS) is 10.3. The molecule has 0 fully saturated rings. The topological polar surface area (TPSA) is 103 Å². The van der Waals surface area contributed by atoms with E-state index < -0.39 is 22.2 Å². The van der Waals surface area contributed by atoms with Crippen molar-refractivity contribution in [3.63, 3.8) is 0 Å². The van der Waals surface area contributed by atoms with E-state index in [2.05, 4.69) is 15.4 Å². The molecule has 9 heteroatoms. The molecule has 0 spiro atoms. The summed E-state index contributed by atoms with van der Waals surface area (Å²) in [6.07, 6.45) is 1.21. The van der Waals surface area contributed by atoms with Gasteiger partial charge in [0.2, 0.25) is 5.95 Å². The maximum atomic E-state index is 13.9. The molecule has 0 aliphatic carbocycles. The van der Waals surface area contributed by atoms with Gasteiger partial charge >= 0.3 is 0 Å². The minimum absolute atomic E-state index is 0.0160. The number of hydrogen-bond acceptors (Lipinski definition) is 5. The SMILES string of the molecule is Cc1cc([N+](=O)[O-])cc(C(=O)Nc2ncnn2C)c1F. The highest BCUT2D eigenvalue weighted by Gasteiger charge is 2.20. The Balaban J connectivity index is 2.39. The smallest absolute Gasteiger partial charge is 0.270 e. The third-order valence-corrected chi connectivity index (χ3v) is 2.63. The van der Waals surface area contributed by atoms with Crippen LogP contribution in [-0.2, 0) is 7.05 Å². The van der Waals surface area contributed by atoms with Gasteiger partial charge in [0, 0.05) is 19.2 Å². The van der Waals surface area contributed by atoms with Crippen molar-refractivity contribution in [2.75, 3.05) is 5.32 Å². The predicted molar refractivity (Wildman–Crippen MR) is 66.7 cm³/mol. The molecule has 0 bridgehead atoms. The van der Waals surface area contributed by atoms with Gasteiger partial charge in [0.15, 0.2) is 0 Å². The first-order chi connectivity index (χ1) is 9.40. The van der Waals surface area contributed by atoms with Crippen LogP contribution in [0, 0.1) is 22.9 Å². The number of amides is 1. The summed E-state index contributed by atoms with van der Waals surface area (Å²) in [6.45, 7) is 1.35. The zero-order chi connectivity index (χ0) is 14.9. The van der Waals surface area contributed by atoms with Crippen LogP contribution in [0.4, 0.5) is 16.0 Å². The van der Waals surface area contributed by atoms with Gasteiger partial charge < -0.3 is 0 Å². The fourth-order valence-electron chi connectivity index (χ4n) is 1.60. The van der Waals surface area contributed by atoms with Crippen LogP contribution in [0.3, 0.4) is 0 Å². The summed E-state index contributed by atoms with van der Waals surface area (Å²) in [7, 11) is 1.54. The van der Waals surface area contributed by atoms with Crippen LogP contribution in [0.15, 0.2) is 18.5 Å². The van der Waals surface area contributed by atoms with Crippen LogP contribution >= 0.6 is 0 Å². The number of nitrogens with one attached hydrogen (secondary N) is 1. The second-order valence-electron chi connectivity index (χ2n) is 4.04. The number of aromatic nitrogens is 3. The van der Waals surface area contributed by atoms with E-state index in [1.54, 1.807) is 0 Å². The number of aryl methyl sites for hydroxylation is 2. The molecule has 0 saturated heterocycles. The minimum Gasteiger partial charge on any atom is -0.291 e. The largest absolute Gasteiger partial charge is 0.291 e. The van der Waals surface area contributed by atoms with Crippen LogP contribution in [0.25, 0.3) is 0 Å². The van der Waals surface area contributed by atoms with Gasteiger partial charge in [-0.2, -0.15) is 10.1 Å². The number of carbonyl (C=O) groups excluding carboxylic acids is 1. The zero-order valence-electron chi connectivity index (χ0n) is 10.6. The summed E-state index contributed by atoms with van der Waals surface area (Å²) in [5.74, 6) is -1.53. The van der Waals surface area contributed by atoms with Crippen molar-refractivity contribution in [1.82, 2.24) is 14.8 Å². The Morgan fingerprint density at radius 1 is 1.50 bits per heavy atom. The van der Waals surface area contributed by atoms with Gasteiger partial charge in [0.25, 0.3) is 11.6 Å². The molecular formula is C11H10FN5O3. The predicted octanol–water partition coefficient (Wildman–Crippen LogP) is 1.42. The first-order valence-corrected chi connectivity index (χ1v) is 5.50. The van der Waals surface area contributed by atoms with Crippen LogP contribution < -0.4 is 5.32 Å². The van der Waals surface area contributed by atoms with Crippen molar-refractivity contribution in [1.29, 1.82) is 0 Å². The van der Waals surface area contributed by atoms with Gasteiger partial charge in [-0.25, -0.2) is 9.07 Å². The van der Waals surface area contributed by atoms with Gasteiger partial charge in [0.05, 0.1) is 10.5 Å². The van der Waals surface area contributed by atoms with Crippen molar-refractivity contribution < 1.29 is 14.1 Å². The Morgan fingerprint density at radius 3 is 2.75 bits per heavy atom. The Labute approximate surface area is 112 Å². The van der Waals surface area contributed by atoms with Gasteiger partial charge in [-0.3, -0.25) is 20.2 Å². The molecule has 0 radical (unpaired) electrons. The molecular weight excluding hydrogens is 269 g/mol. The van der Waals surface area contributed by atoms with E-state index in [9.17, 15) is 19.3 Å². The molecule has 0 unspecified atom stereocenters. The highest BCUT2D eigenvalue weighted by atomic mass is 19.1. The Kier molecular flexibility index (Phi) is 3.42. The fraction of sp³-hybridized carbons (Fsp3) is 0.182. The molecule has 2 rings (SSSR count). The summed E-state index contributed by atoms with van der Waals surface area (Å²) in [6, 6.07) is 1.95. The molecule has 0 saturated carbocycles. The minimum atomic E-state index is -0.828. The number of non-ortho nitro benzene ring substituents is 1. The molecule has 1 amide bonds. The number of carbonyl (C=O) groups is 1. The number of nitro benzene ring substituents is 1. The van der Waals surface area contributed by atoms with E-state index in [0.29, 0.717) is 0 Å². The van der Waals surface area contributed by atoms with Gasteiger partial charge in [0.1, 0.15) is 12.1 Å². The molecule has 0 atom stereocenters. The quantitative estimate of drug-likeness (QED) is 0.676. The van der Waals surface area contributed by atoms with Crippen molar-refractivity contribution in [3.8, 4) is 0 Å². The molecule has 1 aromatic carbocycles. The number of hydrogen-bond donors (Lipinski definition) is 1. The summed E-state index contributed by atoms with van der Waals surface area (Å²) < 4.78 is 15.2. The van der Waals surface area contributed by atoms with E-state index in [4.69, 9.17) is 0 Å². The molecule has 0 aliphatic rings. The maximum absolute atomic E-state index is 13.9. The highest BCUT2D eigenvalue weighted by molar-refractivity contribution is 6.04. The molecule has 20 heavy (non-hydrogen) atoms. The summed E-state index contributed by atoms with van der Waals surface area (Å²) in [5.41, 5.74) is -0.756. The average molecular weight is 279 g/mol. The lowest BCUT2D eigenvalue weighted by Gasteiger charge is -2.06. The first-order valence-electron chi connectivity index (χ1n) is 5.50. The molecule has 2 aromatic rings. The standard InChI is InChI=1S/C11H10FN5O3/c1-6-3-7(17(19)20)4-8(9(6)12)10(18)15-11-13-5-14-16(11)2/h3-5H,1-2H3,(H,13,14,15,18). The summed E-state index contributed by atoms with van der Waals surface area (Å²) in [5, 5.41) is 16.8. The Morgan fingerprint density at radius 2 is 2.20 bits per heavy atom. The molecule has 1 N–H and O–H groups in total. The first kappa shape index (κ1) is 13.6. The van der Waals surface area contributed by atoms with Gasteiger partial charge in [-0.1, -0.05) is 0 Å². The Hall–Kier alpha value is -2.84. The monoisotopic (exact) mass is 279 g/mol. The van der Waals surface area contributed by atoms with Crippen LogP contribution in [0.5, 0.6) is 0 Å². The molecule has 1 aromatic heterocycles. The number of anilines is 1. The van der Waals surface area contributed by atoms with Crippen LogP contribution in [0.2, 0.25) is 0 Å². The zero-order valence-corrected chi connectivity index (χ0v) is 10.6. The van der Waals surface area contributed by atoms with Crippen molar-refractivity contribution >= 4 is 17.5 Å². The van der Waals surface area contributed by atoms with E-state index in [1.165, 1.54) is 25.0 Å².